The number of carbonyl (C=O) groups is 1. The summed E-state index contributed by atoms with van der Waals surface area (Å²) in [7, 11) is 0. The van der Waals surface area contributed by atoms with Gasteiger partial charge in [0.1, 0.15) is 18.5 Å². The number of ether oxygens (including phenoxy) is 1. The number of aliphatic hydroxyl groups is 1. The summed E-state index contributed by atoms with van der Waals surface area (Å²) < 4.78 is 5.49. The minimum Gasteiger partial charge on any atom is -0.491 e. The van der Waals surface area contributed by atoms with Crippen LogP contribution in [0.25, 0.3) is 0 Å². The van der Waals surface area contributed by atoms with Gasteiger partial charge in [-0.15, -0.1) is 0 Å². The number of benzene rings is 1. The Hall–Kier alpha value is -1.59. The number of aliphatic hydroxyl groups excluding tert-OH is 1. The molecule has 3 N–H and O–H groups in total. The van der Waals surface area contributed by atoms with Gasteiger partial charge in [-0.3, -0.25) is 4.79 Å². The third kappa shape index (κ3) is 9.92. The molecule has 0 spiro atoms. The SMILES string of the molecule is CCCCCC(=O)NC[C@@H](C)NC[C@H](O)COc1ccccc1. The minimum atomic E-state index is -0.585. The van der Waals surface area contributed by atoms with E-state index in [9.17, 15) is 9.90 Å². The number of unbranched alkanes of at least 4 members (excludes halogenated alkanes) is 2. The van der Waals surface area contributed by atoms with Crippen LogP contribution in [0.4, 0.5) is 0 Å². The fraction of sp³-hybridized carbons (Fsp3) is 0.611. The van der Waals surface area contributed by atoms with Crippen molar-refractivity contribution in [3.63, 3.8) is 0 Å². The lowest BCUT2D eigenvalue weighted by Gasteiger charge is -2.18. The largest absolute Gasteiger partial charge is 0.491 e. The molecule has 0 bridgehead atoms. The van der Waals surface area contributed by atoms with Gasteiger partial charge in [-0.1, -0.05) is 38.0 Å². The summed E-state index contributed by atoms with van der Waals surface area (Å²) in [6, 6.07) is 9.53. The van der Waals surface area contributed by atoms with E-state index in [0.717, 1.165) is 25.0 Å². The Morgan fingerprint density at radius 3 is 2.65 bits per heavy atom. The first-order valence-electron chi connectivity index (χ1n) is 8.47. The molecule has 5 heteroatoms. The van der Waals surface area contributed by atoms with Gasteiger partial charge in [-0.2, -0.15) is 0 Å². The number of hydrogen-bond acceptors (Lipinski definition) is 4. The Morgan fingerprint density at radius 2 is 1.96 bits per heavy atom. The summed E-state index contributed by atoms with van der Waals surface area (Å²) in [5, 5.41) is 16.0. The van der Waals surface area contributed by atoms with Gasteiger partial charge >= 0.3 is 0 Å². The Labute approximate surface area is 139 Å². The number of rotatable bonds is 12. The second-order valence-electron chi connectivity index (χ2n) is 5.85. The molecule has 0 aliphatic carbocycles. The van der Waals surface area contributed by atoms with Gasteiger partial charge in [-0.25, -0.2) is 0 Å². The van der Waals surface area contributed by atoms with Crippen molar-refractivity contribution in [2.75, 3.05) is 19.7 Å². The van der Waals surface area contributed by atoms with Crippen LogP contribution in [0.1, 0.15) is 39.5 Å². The summed E-state index contributed by atoms with van der Waals surface area (Å²) in [6.45, 7) is 5.35. The van der Waals surface area contributed by atoms with E-state index >= 15 is 0 Å². The van der Waals surface area contributed by atoms with Crippen LogP contribution in [-0.2, 0) is 4.79 Å². The second-order valence-corrected chi connectivity index (χ2v) is 5.85. The quantitative estimate of drug-likeness (QED) is 0.515. The van der Waals surface area contributed by atoms with Gasteiger partial charge in [-0.05, 0) is 25.5 Å². The zero-order valence-corrected chi connectivity index (χ0v) is 14.3. The second kappa shape index (κ2) is 11.9. The zero-order chi connectivity index (χ0) is 16.9. The van der Waals surface area contributed by atoms with Crippen molar-refractivity contribution in [1.29, 1.82) is 0 Å². The summed E-state index contributed by atoms with van der Waals surface area (Å²) in [5.74, 6) is 0.846. The molecular weight excluding hydrogens is 292 g/mol. The van der Waals surface area contributed by atoms with E-state index in [4.69, 9.17) is 4.74 Å². The van der Waals surface area contributed by atoms with Gasteiger partial charge in [0.2, 0.25) is 5.91 Å². The fourth-order valence-electron chi connectivity index (χ4n) is 2.07. The van der Waals surface area contributed by atoms with Crippen molar-refractivity contribution in [2.45, 2.75) is 51.7 Å². The van der Waals surface area contributed by atoms with Crippen molar-refractivity contribution >= 4 is 5.91 Å². The molecule has 0 unspecified atom stereocenters. The first kappa shape index (κ1) is 19.5. The molecule has 1 aromatic rings. The average Bonchev–Trinajstić information content (AvgIpc) is 2.57. The van der Waals surface area contributed by atoms with Crippen LogP contribution in [0.5, 0.6) is 5.75 Å². The lowest BCUT2D eigenvalue weighted by atomic mass is 10.2. The molecule has 0 fully saturated rings. The number of para-hydroxylation sites is 1. The molecule has 0 aliphatic rings. The molecular formula is C18H30N2O3. The number of amides is 1. The van der Waals surface area contributed by atoms with Gasteiger partial charge in [0, 0.05) is 25.6 Å². The molecule has 23 heavy (non-hydrogen) atoms. The highest BCUT2D eigenvalue weighted by Crippen LogP contribution is 2.08. The third-order valence-corrected chi connectivity index (χ3v) is 3.50. The molecule has 1 aromatic carbocycles. The predicted octanol–water partition coefficient (Wildman–Crippen LogP) is 2.10. The van der Waals surface area contributed by atoms with Crippen LogP contribution in [0.2, 0.25) is 0 Å². The monoisotopic (exact) mass is 322 g/mol. The highest BCUT2D eigenvalue weighted by atomic mass is 16.5. The van der Waals surface area contributed by atoms with E-state index in [-0.39, 0.29) is 18.6 Å². The van der Waals surface area contributed by atoms with E-state index in [1.165, 1.54) is 0 Å². The third-order valence-electron chi connectivity index (χ3n) is 3.50. The van der Waals surface area contributed by atoms with Crippen LogP contribution >= 0.6 is 0 Å². The van der Waals surface area contributed by atoms with Crippen molar-refractivity contribution in [3.05, 3.63) is 30.3 Å². The number of carbonyl (C=O) groups excluding carboxylic acids is 1. The topological polar surface area (TPSA) is 70.6 Å². The summed E-state index contributed by atoms with van der Waals surface area (Å²) in [6.07, 6.45) is 3.16. The molecule has 2 atom stereocenters. The van der Waals surface area contributed by atoms with Crippen LogP contribution < -0.4 is 15.4 Å². The maximum atomic E-state index is 11.6. The molecule has 0 aromatic heterocycles. The zero-order valence-electron chi connectivity index (χ0n) is 14.3. The van der Waals surface area contributed by atoms with Crippen LogP contribution in [0.3, 0.4) is 0 Å². The Bertz CT molecular complexity index is 426. The predicted molar refractivity (Wildman–Crippen MR) is 92.6 cm³/mol. The molecule has 1 amide bonds. The van der Waals surface area contributed by atoms with Crippen LogP contribution in [-0.4, -0.2) is 42.9 Å². The first-order chi connectivity index (χ1) is 11.1. The fourth-order valence-corrected chi connectivity index (χ4v) is 2.07. The Balaban J connectivity index is 2.08. The van der Waals surface area contributed by atoms with E-state index in [1.54, 1.807) is 0 Å². The lowest BCUT2D eigenvalue weighted by molar-refractivity contribution is -0.121. The maximum absolute atomic E-state index is 11.6. The molecule has 0 saturated heterocycles. The van der Waals surface area contributed by atoms with Crippen molar-refractivity contribution in [2.24, 2.45) is 0 Å². The van der Waals surface area contributed by atoms with Crippen molar-refractivity contribution in [1.82, 2.24) is 10.6 Å². The lowest BCUT2D eigenvalue weighted by Crippen LogP contribution is -2.43. The molecule has 130 valence electrons. The van der Waals surface area contributed by atoms with E-state index < -0.39 is 6.10 Å². The van der Waals surface area contributed by atoms with E-state index in [1.807, 2.05) is 37.3 Å². The number of nitrogens with one attached hydrogen (secondary N) is 2. The smallest absolute Gasteiger partial charge is 0.220 e. The van der Waals surface area contributed by atoms with Gasteiger partial charge in [0.25, 0.3) is 0 Å². The minimum absolute atomic E-state index is 0.0973. The highest BCUT2D eigenvalue weighted by molar-refractivity contribution is 5.75. The average molecular weight is 322 g/mol. The molecule has 5 nitrogen and oxygen atoms in total. The van der Waals surface area contributed by atoms with E-state index in [2.05, 4.69) is 17.6 Å². The van der Waals surface area contributed by atoms with Gasteiger partial charge in [0.05, 0.1) is 0 Å². The first-order valence-corrected chi connectivity index (χ1v) is 8.47. The Morgan fingerprint density at radius 1 is 1.22 bits per heavy atom. The molecule has 0 radical (unpaired) electrons. The summed E-state index contributed by atoms with van der Waals surface area (Å²) >= 11 is 0. The highest BCUT2D eigenvalue weighted by Gasteiger charge is 2.09. The molecule has 0 heterocycles. The maximum Gasteiger partial charge on any atom is 0.220 e. The summed E-state index contributed by atoms with van der Waals surface area (Å²) in [5.41, 5.74) is 0. The molecule has 0 aliphatic heterocycles. The van der Waals surface area contributed by atoms with Gasteiger partial charge < -0.3 is 20.5 Å². The summed E-state index contributed by atoms with van der Waals surface area (Å²) in [4.78, 5) is 11.6. The van der Waals surface area contributed by atoms with Crippen molar-refractivity contribution in [3.8, 4) is 5.75 Å². The van der Waals surface area contributed by atoms with Crippen LogP contribution in [0.15, 0.2) is 30.3 Å². The standard InChI is InChI=1S/C18H30N2O3/c1-3-4-6-11-18(22)20-12-15(2)19-13-16(21)14-23-17-9-7-5-8-10-17/h5,7-10,15-16,19,21H,3-4,6,11-14H2,1-2H3,(H,20,22)/t15-,16+/m1/s1. The molecule has 1 rings (SSSR count). The van der Waals surface area contributed by atoms with Crippen LogP contribution in [0, 0.1) is 0 Å². The van der Waals surface area contributed by atoms with Gasteiger partial charge in [0.15, 0.2) is 0 Å². The molecule has 0 saturated carbocycles. The number of hydrogen-bond donors (Lipinski definition) is 3. The van der Waals surface area contributed by atoms with Crippen molar-refractivity contribution < 1.29 is 14.6 Å². The normalized spacial score (nSPS) is 13.3. The van der Waals surface area contributed by atoms with E-state index in [0.29, 0.717) is 19.5 Å². The Kier molecular flexibility index (Phi) is 10.1.